The number of halogens is 1. The summed E-state index contributed by atoms with van der Waals surface area (Å²) in [6.45, 7) is 1.84. The van der Waals surface area contributed by atoms with Crippen molar-refractivity contribution in [3.8, 4) is 0 Å². The summed E-state index contributed by atoms with van der Waals surface area (Å²) in [6.07, 6.45) is 0. The summed E-state index contributed by atoms with van der Waals surface area (Å²) in [4.78, 5) is 12.1. The first-order chi connectivity index (χ1) is 9.58. The highest BCUT2D eigenvalue weighted by Gasteiger charge is 2.18. The van der Waals surface area contributed by atoms with Crippen LogP contribution in [-0.4, -0.2) is 5.91 Å². The number of amides is 1. The first kappa shape index (κ1) is 14.2. The van der Waals surface area contributed by atoms with E-state index in [-0.39, 0.29) is 17.8 Å². The first-order valence-corrected chi connectivity index (χ1v) is 6.44. The first-order valence-electron chi connectivity index (χ1n) is 6.44. The minimum Gasteiger partial charge on any atom is -0.348 e. The molecule has 4 heteroatoms. The third-order valence-electron chi connectivity index (χ3n) is 3.17. The zero-order valence-corrected chi connectivity index (χ0v) is 11.2. The molecule has 2 aromatic carbocycles. The van der Waals surface area contributed by atoms with Crippen molar-refractivity contribution >= 4 is 5.91 Å². The average Bonchev–Trinajstić information content (AvgIpc) is 2.48. The fraction of sp³-hybridized carbons (Fsp3) is 0.188. The molecule has 1 amide bonds. The molecule has 0 saturated heterocycles. The zero-order chi connectivity index (χ0) is 14.5. The van der Waals surface area contributed by atoms with E-state index in [1.165, 1.54) is 12.1 Å². The lowest BCUT2D eigenvalue weighted by atomic mass is 10.1. The van der Waals surface area contributed by atoms with E-state index in [0.29, 0.717) is 0 Å². The van der Waals surface area contributed by atoms with E-state index in [9.17, 15) is 9.18 Å². The van der Waals surface area contributed by atoms with Gasteiger partial charge in [-0.3, -0.25) is 4.79 Å². The lowest BCUT2D eigenvalue weighted by molar-refractivity contribution is -0.123. The van der Waals surface area contributed by atoms with Crippen LogP contribution in [0.5, 0.6) is 0 Å². The Morgan fingerprint density at radius 1 is 1.05 bits per heavy atom. The zero-order valence-electron chi connectivity index (χ0n) is 11.2. The second kappa shape index (κ2) is 6.30. The van der Waals surface area contributed by atoms with Gasteiger partial charge in [0.1, 0.15) is 11.9 Å². The molecule has 2 atom stereocenters. The number of hydrogen-bond donors (Lipinski definition) is 2. The van der Waals surface area contributed by atoms with Crippen LogP contribution in [0.2, 0.25) is 0 Å². The largest absolute Gasteiger partial charge is 0.348 e. The molecule has 3 nitrogen and oxygen atoms in total. The fourth-order valence-electron chi connectivity index (χ4n) is 1.95. The Labute approximate surface area is 117 Å². The normalized spacial score (nSPS) is 13.6. The summed E-state index contributed by atoms with van der Waals surface area (Å²) in [7, 11) is 0. The Morgan fingerprint density at radius 3 is 2.25 bits per heavy atom. The lowest BCUT2D eigenvalue weighted by Crippen LogP contribution is -2.35. The van der Waals surface area contributed by atoms with Gasteiger partial charge in [0.2, 0.25) is 5.91 Å². The van der Waals surface area contributed by atoms with E-state index >= 15 is 0 Å². The SMILES string of the molecule is CC(NC(=O)[C@@H](N)c1ccccc1)c1ccc(F)cc1. The van der Waals surface area contributed by atoms with Gasteiger partial charge in [0.15, 0.2) is 0 Å². The highest BCUT2D eigenvalue weighted by molar-refractivity contribution is 5.83. The molecule has 0 aliphatic carbocycles. The van der Waals surface area contributed by atoms with Crippen LogP contribution in [0.3, 0.4) is 0 Å². The summed E-state index contributed by atoms with van der Waals surface area (Å²) in [5.41, 5.74) is 7.51. The van der Waals surface area contributed by atoms with E-state index in [0.717, 1.165) is 11.1 Å². The van der Waals surface area contributed by atoms with Crippen molar-refractivity contribution in [1.82, 2.24) is 5.32 Å². The summed E-state index contributed by atoms with van der Waals surface area (Å²) in [5.74, 6) is -0.554. The Balaban J connectivity index is 2.02. The highest BCUT2D eigenvalue weighted by Crippen LogP contribution is 2.15. The molecule has 0 radical (unpaired) electrons. The minimum absolute atomic E-state index is 0.224. The molecule has 0 heterocycles. The van der Waals surface area contributed by atoms with Crippen molar-refractivity contribution < 1.29 is 9.18 Å². The van der Waals surface area contributed by atoms with Gasteiger partial charge in [-0.1, -0.05) is 42.5 Å². The number of benzene rings is 2. The van der Waals surface area contributed by atoms with Gasteiger partial charge in [-0.25, -0.2) is 4.39 Å². The van der Waals surface area contributed by atoms with Crippen LogP contribution in [-0.2, 0) is 4.79 Å². The van der Waals surface area contributed by atoms with E-state index in [1.54, 1.807) is 12.1 Å². The van der Waals surface area contributed by atoms with Gasteiger partial charge in [0.05, 0.1) is 6.04 Å². The molecule has 0 saturated carbocycles. The molecule has 2 rings (SSSR count). The summed E-state index contributed by atoms with van der Waals surface area (Å²) in [6, 6.07) is 14.3. The smallest absolute Gasteiger partial charge is 0.241 e. The van der Waals surface area contributed by atoms with Gasteiger partial charge >= 0.3 is 0 Å². The molecule has 2 aromatic rings. The van der Waals surface area contributed by atoms with Gasteiger partial charge in [-0.05, 0) is 30.2 Å². The average molecular weight is 272 g/mol. The second-order valence-corrected chi connectivity index (χ2v) is 4.67. The molecule has 3 N–H and O–H groups in total. The predicted octanol–water partition coefficient (Wildman–Crippen LogP) is 2.70. The second-order valence-electron chi connectivity index (χ2n) is 4.67. The van der Waals surface area contributed by atoms with Gasteiger partial charge in [-0.15, -0.1) is 0 Å². The van der Waals surface area contributed by atoms with Gasteiger partial charge < -0.3 is 11.1 Å². The van der Waals surface area contributed by atoms with Crippen molar-refractivity contribution in [2.45, 2.75) is 19.0 Å². The summed E-state index contributed by atoms with van der Waals surface area (Å²) >= 11 is 0. The summed E-state index contributed by atoms with van der Waals surface area (Å²) < 4.78 is 12.9. The number of nitrogens with two attached hydrogens (primary N) is 1. The van der Waals surface area contributed by atoms with Crippen LogP contribution in [0, 0.1) is 5.82 Å². The maximum absolute atomic E-state index is 12.9. The molecule has 0 aromatic heterocycles. The van der Waals surface area contributed by atoms with Crippen molar-refractivity contribution in [2.75, 3.05) is 0 Å². The number of nitrogens with one attached hydrogen (secondary N) is 1. The quantitative estimate of drug-likeness (QED) is 0.899. The topological polar surface area (TPSA) is 55.1 Å². The predicted molar refractivity (Wildman–Crippen MR) is 76.3 cm³/mol. The lowest BCUT2D eigenvalue weighted by Gasteiger charge is -2.18. The molecule has 104 valence electrons. The van der Waals surface area contributed by atoms with Gasteiger partial charge in [0.25, 0.3) is 0 Å². The van der Waals surface area contributed by atoms with Crippen LogP contribution < -0.4 is 11.1 Å². The Bertz CT molecular complexity index is 569. The van der Waals surface area contributed by atoms with Gasteiger partial charge in [0, 0.05) is 0 Å². The molecule has 0 aliphatic rings. The number of carbonyl (C=O) groups excluding carboxylic acids is 1. The summed E-state index contributed by atoms with van der Waals surface area (Å²) in [5, 5.41) is 2.83. The molecule has 20 heavy (non-hydrogen) atoms. The number of hydrogen-bond acceptors (Lipinski definition) is 2. The maximum Gasteiger partial charge on any atom is 0.241 e. The van der Waals surface area contributed by atoms with E-state index in [1.807, 2.05) is 37.3 Å². The van der Waals surface area contributed by atoms with Crippen LogP contribution >= 0.6 is 0 Å². The third kappa shape index (κ3) is 3.42. The molecular weight excluding hydrogens is 255 g/mol. The van der Waals surface area contributed by atoms with Crippen LogP contribution in [0.1, 0.15) is 30.1 Å². The fourth-order valence-corrected chi connectivity index (χ4v) is 1.95. The van der Waals surface area contributed by atoms with E-state index in [2.05, 4.69) is 5.32 Å². The van der Waals surface area contributed by atoms with Crippen molar-refractivity contribution in [2.24, 2.45) is 5.73 Å². The maximum atomic E-state index is 12.9. The van der Waals surface area contributed by atoms with E-state index < -0.39 is 6.04 Å². The van der Waals surface area contributed by atoms with E-state index in [4.69, 9.17) is 5.73 Å². The Hall–Kier alpha value is -2.20. The molecule has 0 bridgehead atoms. The van der Waals surface area contributed by atoms with Crippen LogP contribution in [0.15, 0.2) is 54.6 Å². The standard InChI is InChI=1S/C16H17FN2O/c1-11(12-7-9-14(17)10-8-12)19-16(20)15(18)13-5-3-2-4-6-13/h2-11,15H,18H2,1H3,(H,19,20)/t11?,15-/m0/s1. The molecular formula is C16H17FN2O. The van der Waals surface area contributed by atoms with Crippen LogP contribution in [0.4, 0.5) is 4.39 Å². The molecule has 0 spiro atoms. The molecule has 0 aliphatic heterocycles. The third-order valence-corrected chi connectivity index (χ3v) is 3.17. The van der Waals surface area contributed by atoms with Crippen LogP contribution in [0.25, 0.3) is 0 Å². The highest BCUT2D eigenvalue weighted by atomic mass is 19.1. The molecule has 1 unspecified atom stereocenters. The Kier molecular flexibility index (Phi) is 4.48. The van der Waals surface area contributed by atoms with Crippen molar-refractivity contribution in [3.63, 3.8) is 0 Å². The minimum atomic E-state index is -0.709. The monoisotopic (exact) mass is 272 g/mol. The Morgan fingerprint density at radius 2 is 1.65 bits per heavy atom. The van der Waals surface area contributed by atoms with Crippen molar-refractivity contribution in [1.29, 1.82) is 0 Å². The number of rotatable bonds is 4. The number of carbonyl (C=O) groups is 1. The van der Waals surface area contributed by atoms with Crippen molar-refractivity contribution in [3.05, 3.63) is 71.5 Å². The van der Waals surface area contributed by atoms with Gasteiger partial charge in [-0.2, -0.15) is 0 Å². The molecule has 0 fully saturated rings.